The summed E-state index contributed by atoms with van der Waals surface area (Å²) in [6.07, 6.45) is -3.51. The maximum atomic E-state index is 13.3. The minimum Gasteiger partial charge on any atom is -0.459 e. The lowest BCUT2D eigenvalue weighted by Crippen LogP contribution is -2.22. The van der Waals surface area contributed by atoms with E-state index in [-0.39, 0.29) is 16.7 Å². The van der Waals surface area contributed by atoms with Crippen LogP contribution in [0.25, 0.3) is 0 Å². The number of carbonyl (C=O) groups is 2. The third-order valence-electron chi connectivity index (χ3n) is 4.63. The van der Waals surface area contributed by atoms with Crippen LogP contribution in [0, 0.1) is 0 Å². The maximum absolute atomic E-state index is 13.3. The van der Waals surface area contributed by atoms with Crippen molar-refractivity contribution in [3.63, 3.8) is 0 Å². The molecule has 0 aromatic carbocycles. The first-order valence-corrected chi connectivity index (χ1v) is 10.8. The smallest absolute Gasteiger partial charge is 0.341 e. The summed E-state index contributed by atoms with van der Waals surface area (Å²) in [5.41, 5.74) is -0.912. The number of fused-ring (bicyclic) bond motifs is 1. The van der Waals surface area contributed by atoms with Gasteiger partial charge in [0.1, 0.15) is 22.9 Å². The zero-order chi connectivity index (χ0) is 22.9. The third kappa shape index (κ3) is 5.03. The average Bonchev–Trinajstić information content (AvgIpc) is 3.18. The van der Waals surface area contributed by atoms with E-state index in [1.54, 1.807) is 13.8 Å². The average molecular weight is 482 g/mol. The van der Waals surface area contributed by atoms with Gasteiger partial charge in [0.05, 0.1) is 16.7 Å². The van der Waals surface area contributed by atoms with Crippen molar-refractivity contribution in [2.45, 2.75) is 65.0 Å². The topological polar surface area (TPSA) is 73.2 Å². The number of aromatic nitrogens is 2. The molecule has 1 amide bonds. The SMILES string of the molecule is CC(C)OC(=O)c1c(NC(=O)Cn2nc(C(F)F)c(Cl)c2C(F)F)sc2c1CCCC2. The van der Waals surface area contributed by atoms with Crippen LogP contribution >= 0.6 is 22.9 Å². The molecule has 0 unspecified atom stereocenters. The van der Waals surface area contributed by atoms with E-state index in [1.165, 1.54) is 11.3 Å². The standard InChI is InChI=1S/C19H20ClF4N3O3S/c1-8(2)30-19(29)12-9-5-3-4-6-10(9)31-18(12)25-11(28)7-27-15(17(23)24)13(20)14(26-27)16(21)22/h8,16-17H,3-7H2,1-2H3,(H,25,28). The van der Waals surface area contributed by atoms with Crippen molar-refractivity contribution >= 4 is 39.8 Å². The van der Waals surface area contributed by atoms with Crippen molar-refractivity contribution in [2.75, 3.05) is 5.32 Å². The molecule has 6 nitrogen and oxygen atoms in total. The first-order chi connectivity index (χ1) is 14.6. The van der Waals surface area contributed by atoms with Crippen LogP contribution in [0.4, 0.5) is 22.6 Å². The zero-order valence-electron chi connectivity index (χ0n) is 16.7. The number of hydrogen-bond donors (Lipinski definition) is 1. The van der Waals surface area contributed by atoms with E-state index in [2.05, 4.69) is 10.4 Å². The van der Waals surface area contributed by atoms with E-state index < -0.39 is 47.7 Å². The van der Waals surface area contributed by atoms with E-state index in [0.717, 1.165) is 29.7 Å². The first-order valence-electron chi connectivity index (χ1n) is 9.57. The quantitative estimate of drug-likeness (QED) is 0.415. The van der Waals surface area contributed by atoms with Gasteiger partial charge in [0, 0.05) is 4.88 Å². The number of anilines is 1. The molecule has 2 aromatic rings. The first kappa shape index (κ1) is 23.5. The summed E-state index contributed by atoms with van der Waals surface area (Å²) < 4.78 is 58.4. The number of halogens is 5. The molecule has 31 heavy (non-hydrogen) atoms. The Balaban J connectivity index is 1.88. The molecule has 170 valence electrons. The second kappa shape index (κ2) is 9.56. The highest BCUT2D eigenvalue weighted by Gasteiger charge is 2.30. The number of nitrogens with zero attached hydrogens (tertiary/aromatic N) is 2. The number of thiophene rings is 1. The molecule has 0 bridgehead atoms. The number of aryl methyl sites for hydroxylation is 1. The summed E-state index contributed by atoms with van der Waals surface area (Å²) in [6, 6.07) is 0. The number of alkyl halides is 4. The van der Waals surface area contributed by atoms with Crippen molar-refractivity contribution in [2.24, 2.45) is 0 Å². The van der Waals surface area contributed by atoms with Crippen molar-refractivity contribution in [1.29, 1.82) is 0 Å². The molecule has 0 atom stereocenters. The van der Waals surface area contributed by atoms with Crippen LogP contribution < -0.4 is 5.32 Å². The lowest BCUT2D eigenvalue weighted by atomic mass is 9.95. The number of amides is 1. The summed E-state index contributed by atoms with van der Waals surface area (Å²) in [5, 5.41) is 5.29. The van der Waals surface area contributed by atoms with Crippen LogP contribution in [0.15, 0.2) is 0 Å². The second-order valence-corrected chi connectivity index (χ2v) is 8.74. The zero-order valence-corrected chi connectivity index (χ0v) is 18.3. The van der Waals surface area contributed by atoms with Gasteiger partial charge in [-0.2, -0.15) is 5.10 Å². The summed E-state index contributed by atoms with van der Waals surface area (Å²) in [5.74, 6) is -1.39. The second-order valence-electron chi connectivity index (χ2n) is 7.26. The Hall–Kier alpha value is -2.14. The van der Waals surface area contributed by atoms with Gasteiger partial charge in [-0.3, -0.25) is 9.48 Å². The van der Waals surface area contributed by atoms with Gasteiger partial charge in [-0.25, -0.2) is 22.4 Å². The Kier molecular flexibility index (Phi) is 7.25. The molecule has 0 saturated carbocycles. The fraction of sp³-hybridized carbons (Fsp3) is 0.526. The molecule has 0 spiro atoms. The number of esters is 1. The summed E-state index contributed by atoms with van der Waals surface area (Å²) in [6.45, 7) is 2.62. The number of carbonyl (C=O) groups excluding carboxylic acids is 2. The molecule has 0 saturated heterocycles. The van der Waals surface area contributed by atoms with Gasteiger partial charge in [-0.05, 0) is 45.1 Å². The van der Waals surface area contributed by atoms with Crippen LogP contribution in [0.2, 0.25) is 5.02 Å². The predicted octanol–water partition coefficient (Wildman–Crippen LogP) is 5.56. The molecular formula is C19H20ClF4N3O3S. The van der Waals surface area contributed by atoms with Gasteiger partial charge >= 0.3 is 5.97 Å². The van der Waals surface area contributed by atoms with Crippen LogP contribution in [-0.2, 0) is 28.9 Å². The molecule has 0 fully saturated rings. The molecule has 1 aliphatic carbocycles. The Morgan fingerprint density at radius 1 is 1.19 bits per heavy atom. The van der Waals surface area contributed by atoms with Crippen molar-refractivity contribution < 1.29 is 31.9 Å². The number of nitrogens with one attached hydrogen (secondary N) is 1. The third-order valence-corrected chi connectivity index (χ3v) is 6.23. The number of rotatable bonds is 7. The number of hydrogen-bond acceptors (Lipinski definition) is 5. The Morgan fingerprint density at radius 3 is 2.48 bits per heavy atom. The van der Waals surface area contributed by atoms with E-state index in [4.69, 9.17) is 16.3 Å². The van der Waals surface area contributed by atoms with Crippen LogP contribution in [-0.4, -0.2) is 27.8 Å². The molecule has 3 rings (SSSR count). The predicted molar refractivity (Wildman–Crippen MR) is 107 cm³/mol. The maximum Gasteiger partial charge on any atom is 0.341 e. The van der Waals surface area contributed by atoms with Gasteiger partial charge in [0.15, 0.2) is 0 Å². The molecule has 2 aromatic heterocycles. The van der Waals surface area contributed by atoms with E-state index in [9.17, 15) is 27.2 Å². The van der Waals surface area contributed by atoms with E-state index >= 15 is 0 Å². The molecule has 12 heteroatoms. The molecule has 1 aliphatic rings. The molecule has 1 N–H and O–H groups in total. The highest BCUT2D eigenvalue weighted by molar-refractivity contribution is 7.17. The fourth-order valence-corrected chi connectivity index (χ4v) is 4.98. The summed E-state index contributed by atoms with van der Waals surface area (Å²) >= 11 is 6.84. The Labute approximate surface area is 184 Å². The highest BCUT2D eigenvalue weighted by Crippen LogP contribution is 2.39. The lowest BCUT2D eigenvalue weighted by molar-refractivity contribution is -0.117. The normalized spacial score (nSPS) is 13.7. The van der Waals surface area contributed by atoms with Gasteiger partial charge in [0.2, 0.25) is 5.91 Å². The minimum absolute atomic E-state index is 0.244. The fourth-order valence-electron chi connectivity index (χ4n) is 3.39. The molecule has 0 radical (unpaired) electrons. The monoisotopic (exact) mass is 481 g/mol. The van der Waals surface area contributed by atoms with Crippen molar-refractivity contribution in [1.82, 2.24) is 9.78 Å². The van der Waals surface area contributed by atoms with Crippen LogP contribution in [0.5, 0.6) is 0 Å². The number of ether oxygens (including phenoxy) is 1. The minimum atomic E-state index is -3.20. The largest absolute Gasteiger partial charge is 0.459 e. The van der Waals surface area contributed by atoms with Crippen LogP contribution in [0.1, 0.15) is 71.7 Å². The van der Waals surface area contributed by atoms with E-state index in [1.807, 2.05) is 0 Å². The molecular weight excluding hydrogens is 462 g/mol. The Morgan fingerprint density at radius 2 is 1.87 bits per heavy atom. The Bertz CT molecular complexity index is 991. The van der Waals surface area contributed by atoms with Gasteiger partial charge < -0.3 is 10.1 Å². The van der Waals surface area contributed by atoms with Gasteiger partial charge in [-0.15, -0.1) is 11.3 Å². The van der Waals surface area contributed by atoms with E-state index in [0.29, 0.717) is 11.1 Å². The highest BCUT2D eigenvalue weighted by atomic mass is 35.5. The van der Waals surface area contributed by atoms with Crippen molar-refractivity contribution in [3.8, 4) is 0 Å². The van der Waals surface area contributed by atoms with Crippen LogP contribution in [0.3, 0.4) is 0 Å². The molecule has 0 aliphatic heterocycles. The summed E-state index contributed by atoms with van der Waals surface area (Å²) in [7, 11) is 0. The summed E-state index contributed by atoms with van der Waals surface area (Å²) in [4.78, 5) is 26.1. The van der Waals surface area contributed by atoms with Gasteiger partial charge in [-0.1, -0.05) is 11.6 Å². The van der Waals surface area contributed by atoms with Crippen molar-refractivity contribution in [3.05, 3.63) is 32.4 Å². The lowest BCUT2D eigenvalue weighted by Gasteiger charge is -2.14. The van der Waals surface area contributed by atoms with Gasteiger partial charge in [0.25, 0.3) is 12.9 Å². The molecule has 2 heterocycles.